The molecular formula is C53H70F2N4O8Si2. The molecule has 0 aromatic heterocycles. The Morgan fingerprint density at radius 2 is 0.942 bits per heavy atom. The number of carbonyl (C=O) groups excluding carboxylic acids is 2. The summed E-state index contributed by atoms with van der Waals surface area (Å²) in [6.45, 7) is 22.8. The molecule has 6 rings (SSSR count). The summed E-state index contributed by atoms with van der Waals surface area (Å²) in [5, 5.41) is -0.0563. The van der Waals surface area contributed by atoms with Gasteiger partial charge >= 0.3 is 0 Å². The Morgan fingerprint density at radius 1 is 0.594 bits per heavy atom. The molecule has 2 amide bonds. The van der Waals surface area contributed by atoms with Crippen LogP contribution in [0.25, 0.3) is 11.1 Å². The molecule has 2 atom stereocenters. The third-order valence-electron chi connectivity index (χ3n) is 14.0. The molecule has 0 saturated heterocycles. The van der Waals surface area contributed by atoms with Crippen LogP contribution in [0.5, 0.6) is 23.0 Å². The van der Waals surface area contributed by atoms with Crippen molar-refractivity contribution in [3.05, 3.63) is 119 Å². The maximum absolute atomic E-state index is 14.4. The molecule has 69 heavy (non-hydrogen) atoms. The van der Waals surface area contributed by atoms with Crippen molar-refractivity contribution in [3.63, 3.8) is 0 Å². The molecule has 4 aromatic rings. The summed E-state index contributed by atoms with van der Waals surface area (Å²) in [6.07, 6.45) is 5.09. The molecule has 2 aliphatic heterocycles. The van der Waals surface area contributed by atoms with Gasteiger partial charge < -0.3 is 49.1 Å². The second kappa shape index (κ2) is 21.1. The van der Waals surface area contributed by atoms with Crippen molar-refractivity contribution in [2.45, 2.75) is 109 Å². The van der Waals surface area contributed by atoms with Crippen LogP contribution in [0.4, 0.5) is 20.2 Å². The van der Waals surface area contributed by atoms with E-state index in [-0.39, 0.29) is 81.3 Å². The number of methoxy groups -OCH3 is 2. The third-order valence-corrected chi connectivity index (χ3v) is 23.0. The van der Waals surface area contributed by atoms with Crippen molar-refractivity contribution >= 4 is 51.0 Å². The number of anilines is 2. The molecule has 4 N–H and O–H groups in total. The second-order valence-corrected chi connectivity index (χ2v) is 30.5. The zero-order valence-corrected chi connectivity index (χ0v) is 44.3. The number of rotatable bonds is 18. The van der Waals surface area contributed by atoms with E-state index >= 15 is 0 Å². The summed E-state index contributed by atoms with van der Waals surface area (Å²) in [7, 11) is -1.33. The van der Waals surface area contributed by atoms with Gasteiger partial charge in [-0.05, 0) is 108 Å². The molecular weight excluding hydrogens is 915 g/mol. The Hall–Kier alpha value is -5.69. The first-order chi connectivity index (χ1) is 32.3. The van der Waals surface area contributed by atoms with E-state index < -0.39 is 16.6 Å². The number of amides is 2. The van der Waals surface area contributed by atoms with E-state index in [1.165, 1.54) is 38.5 Å². The predicted octanol–water partition coefficient (Wildman–Crippen LogP) is 11.5. The van der Waals surface area contributed by atoms with Crippen molar-refractivity contribution in [3.8, 4) is 23.0 Å². The standard InChI is InChI=1S/C53H70F2N4O8Si2/c1-52(2,3)68(9,10)66-32-40-24-36(34-14-18-38(54)19-15-34)30-58(40)50(60)42-26-46(62-7)48(28-44(42)56)64-22-13-23-65-49-29-45(57)43(27-47(49)63-8)51(61)59-31-37(35-16-20-39(55)21-17-35)25-41(59)33-67-69(11,12)53(4,5)6/h14-21,26-31,40-41H,13,22-25,32-33,56-57H2,1-12H3/t40-,41-/m0/s1. The van der Waals surface area contributed by atoms with E-state index in [9.17, 15) is 18.4 Å². The summed E-state index contributed by atoms with van der Waals surface area (Å²) in [4.78, 5) is 32.0. The van der Waals surface area contributed by atoms with Gasteiger partial charge in [0.1, 0.15) is 11.6 Å². The summed E-state index contributed by atoms with van der Waals surface area (Å²) >= 11 is 0. The largest absolute Gasteiger partial charge is 0.493 e. The Labute approximate surface area is 408 Å². The molecule has 2 heterocycles. The number of nitrogen functional groups attached to an aromatic ring is 2. The molecule has 0 aliphatic carbocycles. The van der Waals surface area contributed by atoms with Gasteiger partial charge in [0.15, 0.2) is 39.6 Å². The molecule has 16 heteroatoms. The van der Waals surface area contributed by atoms with Crippen LogP contribution in [0.2, 0.25) is 36.3 Å². The Kier molecular flexibility index (Phi) is 16.1. The van der Waals surface area contributed by atoms with E-state index in [1.54, 1.807) is 70.7 Å². The minimum absolute atomic E-state index is 0.0282. The van der Waals surface area contributed by atoms with E-state index in [2.05, 4.69) is 67.7 Å². The van der Waals surface area contributed by atoms with Crippen LogP contribution in [-0.4, -0.2) is 91.0 Å². The molecule has 0 saturated carbocycles. The van der Waals surface area contributed by atoms with Crippen molar-refractivity contribution in [1.29, 1.82) is 0 Å². The predicted molar refractivity (Wildman–Crippen MR) is 275 cm³/mol. The lowest BCUT2D eigenvalue weighted by Crippen LogP contribution is -2.45. The minimum Gasteiger partial charge on any atom is -0.493 e. The van der Waals surface area contributed by atoms with Crippen LogP contribution in [0.1, 0.15) is 92.6 Å². The van der Waals surface area contributed by atoms with Gasteiger partial charge in [-0.25, -0.2) is 8.78 Å². The molecule has 2 aliphatic rings. The van der Waals surface area contributed by atoms with E-state index in [0.717, 1.165) is 22.3 Å². The number of hydrogen-bond donors (Lipinski definition) is 2. The number of benzene rings is 4. The van der Waals surface area contributed by atoms with Gasteiger partial charge in [-0.3, -0.25) is 9.59 Å². The summed E-state index contributed by atoms with van der Waals surface area (Å²) < 4.78 is 64.5. The van der Waals surface area contributed by atoms with Crippen molar-refractivity contribution < 1.29 is 46.2 Å². The van der Waals surface area contributed by atoms with E-state index in [0.29, 0.717) is 55.5 Å². The lowest BCUT2D eigenvalue weighted by molar-refractivity contribution is 0.0732. The summed E-state index contributed by atoms with van der Waals surface area (Å²) in [5.41, 5.74) is 17.5. The molecule has 12 nitrogen and oxygen atoms in total. The smallest absolute Gasteiger partial charge is 0.260 e. The fourth-order valence-corrected chi connectivity index (χ4v) is 9.69. The van der Waals surface area contributed by atoms with E-state index in [1.807, 2.05) is 0 Å². The lowest BCUT2D eigenvalue weighted by Gasteiger charge is -2.38. The van der Waals surface area contributed by atoms with Crippen LogP contribution in [0.15, 0.2) is 85.2 Å². The Balaban J connectivity index is 1.12. The average molecular weight is 985 g/mol. The monoisotopic (exact) mass is 984 g/mol. The Bertz CT molecular complexity index is 2380. The fourth-order valence-electron chi connectivity index (χ4n) is 7.61. The highest BCUT2D eigenvalue weighted by atomic mass is 28.4. The number of carbonyl (C=O) groups is 2. The van der Waals surface area contributed by atoms with Crippen molar-refractivity contribution in [1.82, 2.24) is 9.80 Å². The van der Waals surface area contributed by atoms with Crippen molar-refractivity contribution in [2.24, 2.45) is 0 Å². The molecule has 372 valence electrons. The second-order valence-electron chi connectivity index (χ2n) is 20.8. The van der Waals surface area contributed by atoms with Gasteiger partial charge in [0, 0.05) is 42.3 Å². The highest BCUT2D eigenvalue weighted by Gasteiger charge is 2.41. The summed E-state index contributed by atoms with van der Waals surface area (Å²) in [6, 6.07) is 18.2. The van der Waals surface area contributed by atoms with Crippen LogP contribution in [0.3, 0.4) is 0 Å². The zero-order valence-electron chi connectivity index (χ0n) is 42.3. The summed E-state index contributed by atoms with van der Waals surface area (Å²) in [5.74, 6) is 0.0306. The lowest BCUT2D eigenvalue weighted by atomic mass is 10.0. The van der Waals surface area contributed by atoms with Gasteiger partial charge in [0.2, 0.25) is 0 Å². The molecule has 0 unspecified atom stereocenters. The van der Waals surface area contributed by atoms with Gasteiger partial charge in [0.05, 0.1) is 63.9 Å². The zero-order chi connectivity index (χ0) is 50.6. The first-order valence-electron chi connectivity index (χ1n) is 23.4. The number of ether oxygens (including phenoxy) is 4. The number of nitrogens with two attached hydrogens (primary N) is 2. The molecule has 0 fully saturated rings. The van der Waals surface area contributed by atoms with Gasteiger partial charge in [0.25, 0.3) is 11.8 Å². The molecule has 4 aromatic carbocycles. The number of nitrogens with zero attached hydrogens (tertiary/aromatic N) is 2. The van der Waals surface area contributed by atoms with Gasteiger partial charge in [-0.2, -0.15) is 0 Å². The Morgan fingerprint density at radius 3 is 1.26 bits per heavy atom. The molecule has 0 spiro atoms. The number of hydrogen-bond acceptors (Lipinski definition) is 10. The fraction of sp³-hybridized carbons (Fsp3) is 0.434. The maximum Gasteiger partial charge on any atom is 0.260 e. The maximum atomic E-state index is 14.4. The first-order valence-corrected chi connectivity index (χ1v) is 29.2. The van der Waals surface area contributed by atoms with Gasteiger partial charge in [-0.15, -0.1) is 0 Å². The molecule has 0 radical (unpaired) electrons. The highest BCUT2D eigenvalue weighted by Crippen LogP contribution is 2.42. The van der Waals surface area contributed by atoms with Crippen LogP contribution < -0.4 is 30.4 Å². The quantitative estimate of drug-likeness (QED) is 0.0561. The normalized spacial score (nSPS) is 16.6. The average Bonchev–Trinajstić information content (AvgIpc) is 3.92. The van der Waals surface area contributed by atoms with Gasteiger partial charge in [-0.1, -0.05) is 65.8 Å². The topological polar surface area (TPSA) is 148 Å². The van der Waals surface area contributed by atoms with Crippen LogP contribution >= 0.6 is 0 Å². The van der Waals surface area contributed by atoms with Crippen LogP contribution in [0, 0.1) is 11.6 Å². The van der Waals surface area contributed by atoms with E-state index in [4.69, 9.17) is 39.3 Å². The SMILES string of the molecule is COc1cc(C(=O)N2C=C(c3ccc(F)cc3)C[C@H]2CO[Si](C)(C)C(C)(C)C)c(N)cc1OCCCOc1cc(N)c(C(=O)N2C=C(c3ccc(F)cc3)C[C@H]2CO[Si](C)(C)C(C)(C)C)cc1OC. The van der Waals surface area contributed by atoms with Crippen LogP contribution in [-0.2, 0) is 8.85 Å². The number of halogens is 2. The third kappa shape index (κ3) is 12.2. The minimum atomic E-state index is -2.16. The highest BCUT2D eigenvalue weighted by molar-refractivity contribution is 6.74. The van der Waals surface area contributed by atoms with Crippen molar-refractivity contribution in [2.75, 3.05) is 52.1 Å². The molecule has 0 bridgehead atoms. The first kappa shape index (κ1) is 52.7.